The molecule has 2 aromatic rings. The van der Waals surface area contributed by atoms with Gasteiger partial charge in [0.1, 0.15) is 5.82 Å². The van der Waals surface area contributed by atoms with Crippen LogP contribution in [-0.4, -0.2) is 27.4 Å². The van der Waals surface area contributed by atoms with Crippen LogP contribution in [0.25, 0.3) is 0 Å². The van der Waals surface area contributed by atoms with Crippen molar-refractivity contribution in [1.29, 1.82) is 0 Å². The van der Waals surface area contributed by atoms with Gasteiger partial charge in [-0.15, -0.1) is 0 Å². The largest absolute Gasteiger partial charge is 0.309 e. The van der Waals surface area contributed by atoms with Gasteiger partial charge >= 0.3 is 0 Å². The number of hydrogen-bond donors (Lipinski definition) is 1. The lowest BCUT2D eigenvalue weighted by molar-refractivity contribution is -0.116. The highest BCUT2D eigenvalue weighted by Crippen LogP contribution is 2.23. The number of nitrogens with zero attached hydrogens (tertiary/aromatic N) is 1. The van der Waals surface area contributed by atoms with E-state index in [1.165, 1.54) is 30.0 Å². The van der Waals surface area contributed by atoms with Crippen LogP contribution in [0, 0.1) is 5.82 Å². The molecule has 146 valence electrons. The summed E-state index contributed by atoms with van der Waals surface area (Å²) in [5, 5.41) is 0. The molecule has 0 aliphatic carbocycles. The van der Waals surface area contributed by atoms with Crippen LogP contribution in [0.4, 0.5) is 10.1 Å². The minimum atomic E-state index is -3.72. The molecule has 0 aliphatic rings. The molecule has 0 atom stereocenters. The maximum atomic E-state index is 13.9. The maximum Gasteiger partial charge on any atom is 0.240 e. The topological polar surface area (TPSA) is 66.5 Å². The second-order valence-corrected chi connectivity index (χ2v) is 9.06. The third kappa shape index (κ3) is 5.37. The van der Waals surface area contributed by atoms with Crippen molar-refractivity contribution >= 4 is 21.6 Å². The fourth-order valence-electron chi connectivity index (χ4n) is 2.63. The van der Waals surface area contributed by atoms with E-state index in [9.17, 15) is 17.6 Å². The summed E-state index contributed by atoms with van der Waals surface area (Å²) in [6.07, 6.45) is 0. The highest BCUT2D eigenvalue weighted by Gasteiger charge is 2.19. The number of anilines is 1. The Hall–Kier alpha value is -2.25. The lowest BCUT2D eigenvalue weighted by Gasteiger charge is -2.22. The first-order valence-electron chi connectivity index (χ1n) is 8.65. The molecule has 0 radical (unpaired) electrons. The van der Waals surface area contributed by atoms with E-state index >= 15 is 0 Å². The average molecular weight is 392 g/mol. The molecular weight excluding hydrogens is 367 g/mol. The number of para-hydroxylation sites is 1. The third-order valence-electron chi connectivity index (χ3n) is 4.18. The van der Waals surface area contributed by atoms with Gasteiger partial charge in [0.2, 0.25) is 15.9 Å². The van der Waals surface area contributed by atoms with Crippen LogP contribution in [0.2, 0.25) is 0 Å². The summed E-state index contributed by atoms with van der Waals surface area (Å²) in [7, 11) is -3.72. The molecule has 2 aromatic carbocycles. The molecule has 0 unspecified atom stereocenters. The highest BCUT2D eigenvalue weighted by atomic mass is 32.2. The number of benzene rings is 2. The van der Waals surface area contributed by atoms with Gasteiger partial charge in [0.15, 0.2) is 0 Å². The van der Waals surface area contributed by atoms with Gasteiger partial charge in [0.05, 0.1) is 10.6 Å². The minimum Gasteiger partial charge on any atom is -0.309 e. The van der Waals surface area contributed by atoms with E-state index in [-0.39, 0.29) is 35.0 Å². The number of carbonyl (C=O) groups excluding carboxylic acids is 1. The van der Waals surface area contributed by atoms with Crippen LogP contribution in [0.3, 0.4) is 0 Å². The molecule has 27 heavy (non-hydrogen) atoms. The summed E-state index contributed by atoms with van der Waals surface area (Å²) in [4.78, 5) is 13.2. The molecule has 5 nitrogen and oxygen atoms in total. The zero-order chi connectivity index (χ0) is 20.2. The lowest BCUT2D eigenvalue weighted by atomic mass is 9.87. The Kier molecular flexibility index (Phi) is 6.38. The van der Waals surface area contributed by atoms with Crippen LogP contribution in [0.15, 0.2) is 53.4 Å². The van der Waals surface area contributed by atoms with Gasteiger partial charge in [-0.3, -0.25) is 4.79 Å². The Morgan fingerprint density at radius 3 is 2.19 bits per heavy atom. The number of amides is 1. The van der Waals surface area contributed by atoms with E-state index in [1.807, 2.05) is 20.8 Å². The van der Waals surface area contributed by atoms with Gasteiger partial charge in [-0.05, 0) is 35.2 Å². The van der Waals surface area contributed by atoms with E-state index < -0.39 is 15.8 Å². The van der Waals surface area contributed by atoms with Crippen molar-refractivity contribution in [2.24, 2.45) is 0 Å². The summed E-state index contributed by atoms with van der Waals surface area (Å²) in [6, 6.07) is 12.6. The fourth-order valence-corrected chi connectivity index (χ4v) is 3.65. The maximum absolute atomic E-state index is 13.9. The van der Waals surface area contributed by atoms with E-state index in [0.29, 0.717) is 0 Å². The van der Waals surface area contributed by atoms with Crippen LogP contribution in [0.1, 0.15) is 33.3 Å². The molecule has 0 aliphatic heterocycles. The highest BCUT2D eigenvalue weighted by molar-refractivity contribution is 7.89. The molecule has 7 heteroatoms. The zero-order valence-electron chi connectivity index (χ0n) is 16.0. The van der Waals surface area contributed by atoms with Crippen LogP contribution >= 0.6 is 0 Å². The van der Waals surface area contributed by atoms with E-state index in [0.717, 1.165) is 5.56 Å². The monoisotopic (exact) mass is 392 g/mol. The molecule has 0 fully saturated rings. The third-order valence-corrected chi connectivity index (χ3v) is 5.66. The number of hydrogen-bond acceptors (Lipinski definition) is 3. The summed E-state index contributed by atoms with van der Waals surface area (Å²) >= 11 is 0. The Bertz CT molecular complexity index is 904. The second-order valence-electron chi connectivity index (χ2n) is 7.29. The minimum absolute atomic E-state index is 0.0234. The van der Waals surface area contributed by atoms with E-state index in [1.54, 1.807) is 30.3 Å². The van der Waals surface area contributed by atoms with Crippen molar-refractivity contribution in [3.05, 3.63) is 59.9 Å². The Morgan fingerprint density at radius 1 is 1.07 bits per heavy atom. The molecule has 2 rings (SSSR count). The molecule has 0 saturated heterocycles. The van der Waals surface area contributed by atoms with Crippen molar-refractivity contribution < 1.29 is 17.6 Å². The van der Waals surface area contributed by atoms with Crippen LogP contribution < -0.4 is 9.62 Å². The number of carbonyl (C=O) groups is 1. The molecular formula is C20H25FN2O3S. The molecule has 1 amide bonds. The Balaban J connectivity index is 2.08. The molecule has 0 aromatic heterocycles. The number of nitrogens with one attached hydrogen (secondary N) is 1. The summed E-state index contributed by atoms with van der Waals surface area (Å²) in [5.41, 5.74) is 1.08. The first-order chi connectivity index (χ1) is 12.5. The zero-order valence-corrected chi connectivity index (χ0v) is 16.8. The van der Waals surface area contributed by atoms with E-state index in [2.05, 4.69) is 4.72 Å². The average Bonchev–Trinajstić information content (AvgIpc) is 2.59. The molecule has 0 spiro atoms. The molecule has 0 heterocycles. The Morgan fingerprint density at radius 2 is 1.67 bits per heavy atom. The van der Waals surface area contributed by atoms with Crippen LogP contribution in [-0.2, 0) is 20.2 Å². The first-order valence-corrected chi connectivity index (χ1v) is 10.1. The van der Waals surface area contributed by atoms with Crippen molar-refractivity contribution in [1.82, 2.24) is 4.72 Å². The van der Waals surface area contributed by atoms with Gasteiger partial charge in [0, 0.05) is 20.0 Å². The van der Waals surface area contributed by atoms with Crippen LogP contribution in [0.5, 0.6) is 0 Å². The predicted molar refractivity (Wildman–Crippen MR) is 105 cm³/mol. The van der Waals surface area contributed by atoms with Gasteiger partial charge in [-0.25, -0.2) is 17.5 Å². The van der Waals surface area contributed by atoms with Crippen molar-refractivity contribution in [3.63, 3.8) is 0 Å². The lowest BCUT2D eigenvalue weighted by Crippen LogP contribution is -2.38. The fraction of sp³-hybridized carbons (Fsp3) is 0.350. The van der Waals surface area contributed by atoms with Crippen molar-refractivity contribution in [2.45, 2.75) is 38.0 Å². The van der Waals surface area contributed by atoms with Gasteiger partial charge in [-0.2, -0.15) is 0 Å². The summed E-state index contributed by atoms with van der Waals surface area (Å²) in [6.45, 7) is 7.45. The predicted octanol–water partition coefficient (Wildman–Crippen LogP) is 3.45. The molecule has 0 bridgehead atoms. The Labute approximate surface area is 160 Å². The van der Waals surface area contributed by atoms with E-state index in [4.69, 9.17) is 0 Å². The van der Waals surface area contributed by atoms with Gasteiger partial charge < -0.3 is 4.90 Å². The molecule has 1 N–H and O–H groups in total. The first kappa shape index (κ1) is 21.1. The second kappa shape index (κ2) is 8.19. The number of rotatable bonds is 6. The number of halogens is 1. The van der Waals surface area contributed by atoms with Gasteiger partial charge in [0.25, 0.3) is 0 Å². The SMILES string of the molecule is CC(=O)N(CCNS(=O)(=O)c1ccc(C(C)(C)C)cc1)c1ccccc1F. The van der Waals surface area contributed by atoms with Crippen molar-refractivity contribution in [3.8, 4) is 0 Å². The van der Waals surface area contributed by atoms with Gasteiger partial charge in [-0.1, -0.05) is 45.0 Å². The summed E-state index contributed by atoms with van der Waals surface area (Å²) < 4.78 is 41.3. The number of sulfonamides is 1. The molecule has 0 saturated carbocycles. The summed E-state index contributed by atoms with van der Waals surface area (Å²) in [5.74, 6) is -0.901. The quantitative estimate of drug-likeness (QED) is 0.819. The normalized spacial score (nSPS) is 12.0. The standard InChI is InChI=1S/C20H25FN2O3S/c1-15(24)23(19-8-6-5-7-18(19)21)14-13-22-27(25,26)17-11-9-16(10-12-17)20(2,3)4/h5-12,22H,13-14H2,1-4H3. The smallest absolute Gasteiger partial charge is 0.240 e. The van der Waals surface area contributed by atoms with Crippen molar-refractivity contribution in [2.75, 3.05) is 18.0 Å².